The predicted octanol–water partition coefficient (Wildman–Crippen LogP) is 3.40. The van der Waals surface area contributed by atoms with Crippen molar-refractivity contribution in [1.29, 1.82) is 0 Å². The van der Waals surface area contributed by atoms with E-state index in [1.54, 1.807) is 6.07 Å². The number of nitro benzene ring substituents is 2. The highest BCUT2D eigenvalue weighted by molar-refractivity contribution is 6.07. The zero-order valence-corrected chi connectivity index (χ0v) is 11.2. The lowest BCUT2D eigenvalue weighted by atomic mass is 10.1. The van der Waals surface area contributed by atoms with Crippen molar-refractivity contribution in [1.82, 2.24) is 0 Å². The Bertz CT molecular complexity index is 766. The normalized spacial score (nSPS) is 10.5. The number of rotatable bonds is 5. The second-order valence-corrected chi connectivity index (χ2v) is 4.32. The molecule has 0 radical (unpaired) electrons. The Kier molecular flexibility index (Phi) is 4.38. The molecule has 0 aliphatic heterocycles. The lowest BCUT2D eigenvalue weighted by molar-refractivity contribution is -0.385. The van der Waals surface area contributed by atoms with Gasteiger partial charge in [-0.2, -0.15) is 0 Å². The van der Waals surface area contributed by atoms with Crippen LogP contribution in [0.15, 0.2) is 54.6 Å². The van der Waals surface area contributed by atoms with Crippen LogP contribution in [0.5, 0.6) is 0 Å². The first-order valence-electron chi connectivity index (χ1n) is 6.19. The van der Waals surface area contributed by atoms with Gasteiger partial charge in [0.05, 0.1) is 15.4 Å². The fourth-order valence-electron chi connectivity index (χ4n) is 1.80. The topological polar surface area (TPSA) is 103 Å². The van der Waals surface area contributed by atoms with E-state index in [4.69, 9.17) is 0 Å². The van der Waals surface area contributed by atoms with Gasteiger partial charge < -0.3 is 0 Å². The third kappa shape index (κ3) is 3.40. The minimum Gasteiger partial charge on any atom is -0.289 e. The van der Waals surface area contributed by atoms with Crippen LogP contribution in [0.2, 0.25) is 0 Å². The van der Waals surface area contributed by atoms with E-state index < -0.39 is 15.6 Å². The van der Waals surface area contributed by atoms with Crippen LogP contribution in [-0.4, -0.2) is 15.6 Å². The van der Waals surface area contributed by atoms with Gasteiger partial charge in [0.25, 0.3) is 11.4 Å². The summed E-state index contributed by atoms with van der Waals surface area (Å²) in [6.45, 7) is 0. The van der Waals surface area contributed by atoms with Crippen molar-refractivity contribution in [2.75, 3.05) is 0 Å². The van der Waals surface area contributed by atoms with E-state index >= 15 is 0 Å². The van der Waals surface area contributed by atoms with Gasteiger partial charge in [-0.1, -0.05) is 12.1 Å². The van der Waals surface area contributed by atoms with E-state index in [2.05, 4.69) is 0 Å². The number of ketones is 1. The Morgan fingerprint density at radius 2 is 1.55 bits per heavy atom. The number of non-ortho nitro benzene ring substituents is 1. The Hall–Kier alpha value is -3.35. The molecular formula is C15H10N2O5. The summed E-state index contributed by atoms with van der Waals surface area (Å²) < 4.78 is 0. The Morgan fingerprint density at radius 3 is 2.14 bits per heavy atom. The third-order valence-electron chi connectivity index (χ3n) is 2.91. The fourth-order valence-corrected chi connectivity index (χ4v) is 1.80. The molecule has 2 rings (SSSR count). The number of allylic oxidation sites excluding steroid dienone is 1. The lowest BCUT2D eigenvalue weighted by Crippen LogP contribution is -1.96. The molecule has 2 aromatic carbocycles. The molecule has 0 bridgehead atoms. The number of hydrogen-bond acceptors (Lipinski definition) is 5. The first kappa shape index (κ1) is 15.0. The van der Waals surface area contributed by atoms with E-state index in [1.165, 1.54) is 54.6 Å². The molecule has 22 heavy (non-hydrogen) atoms. The van der Waals surface area contributed by atoms with Crippen LogP contribution in [0.1, 0.15) is 15.9 Å². The van der Waals surface area contributed by atoms with Gasteiger partial charge in [-0.3, -0.25) is 25.0 Å². The molecule has 0 aromatic heterocycles. The molecule has 0 spiro atoms. The van der Waals surface area contributed by atoms with Crippen molar-refractivity contribution in [3.63, 3.8) is 0 Å². The maximum Gasteiger partial charge on any atom is 0.276 e. The number of hydrogen-bond donors (Lipinski definition) is 0. The van der Waals surface area contributed by atoms with E-state index in [-0.39, 0.29) is 16.9 Å². The molecule has 0 saturated heterocycles. The van der Waals surface area contributed by atoms with Crippen LogP contribution in [0, 0.1) is 20.2 Å². The van der Waals surface area contributed by atoms with Crippen molar-refractivity contribution in [3.05, 3.63) is 86.0 Å². The summed E-state index contributed by atoms with van der Waals surface area (Å²) in [5.74, 6) is -0.395. The number of nitrogens with zero attached hydrogens (tertiary/aromatic N) is 2. The van der Waals surface area contributed by atoms with Crippen LogP contribution in [0.25, 0.3) is 6.08 Å². The van der Waals surface area contributed by atoms with E-state index in [0.717, 1.165) is 0 Å². The first-order chi connectivity index (χ1) is 10.5. The number of carbonyl (C=O) groups excluding carboxylic acids is 1. The third-order valence-corrected chi connectivity index (χ3v) is 2.91. The van der Waals surface area contributed by atoms with Crippen LogP contribution in [0.4, 0.5) is 11.4 Å². The molecule has 0 unspecified atom stereocenters. The molecule has 2 aromatic rings. The molecule has 0 atom stereocenters. The molecule has 0 aliphatic carbocycles. The molecule has 0 amide bonds. The highest BCUT2D eigenvalue weighted by Crippen LogP contribution is 2.19. The van der Waals surface area contributed by atoms with Gasteiger partial charge in [0.15, 0.2) is 5.78 Å². The quantitative estimate of drug-likeness (QED) is 0.364. The Morgan fingerprint density at radius 1 is 0.909 bits per heavy atom. The van der Waals surface area contributed by atoms with Gasteiger partial charge in [-0.25, -0.2) is 0 Å². The van der Waals surface area contributed by atoms with Crippen molar-refractivity contribution >= 4 is 23.2 Å². The lowest BCUT2D eigenvalue weighted by Gasteiger charge is -1.97. The SMILES string of the molecule is O=C(C=Cc1ccccc1[N+](=O)[O-])c1ccc([N+](=O)[O-])cc1. The average Bonchev–Trinajstić information content (AvgIpc) is 2.52. The van der Waals surface area contributed by atoms with E-state index in [1.807, 2.05) is 0 Å². The summed E-state index contributed by atoms with van der Waals surface area (Å²) in [6.07, 6.45) is 2.55. The highest BCUT2D eigenvalue weighted by Gasteiger charge is 2.11. The van der Waals surface area contributed by atoms with E-state index in [0.29, 0.717) is 5.56 Å². The van der Waals surface area contributed by atoms with Crippen molar-refractivity contribution in [3.8, 4) is 0 Å². The monoisotopic (exact) mass is 298 g/mol. The van der Waals surface area contributed by atoms with Gasteiger partial charge >= 0.3 is 0 Å². The largest absolute Gasteiger partial charge is 0.289 e. The summed E-state index contributed by atoms with van der Waals surface area (Å²) in [4.78, 5) is 32.3. The number of carbonyl (C=O) groups is 1. The Labute approximate surface area is 124 Å². The molecule has 7 heteroatoms. The van der Waals surface area contributed by atoms with Gasteiger partial charge in [-0.15, -0.1) is 0 Å². The molecule has 0 heterocycles. The molecule has 0 N–H and O–H groups in total. The molecule has 0 aliphatic rings. The van der Waals surface area contributed by atoms with Crippen molar-refractivity contribution in [2.45, 2.75) is 0 Å². The highest BCUT2D eigenvalue weighted by atomic mass is 16.6. The summed E-state index contributed by atoms with van der Waals surface area (Å²) in [7, 11) is 0. The van der Waals surface area contributed by atoms with E-state index in [9.17, 15) is 25.0 Å². The molecule has 0 fully saturated rings. The van der Waals surface area contributed by atoms with Gasteiger partial charge in [0, 0.05) is 23.8 Å². The smallest absolute Gasteiger partial charge is 0.276 e. The Balaban J connectivity index is 2.21. The van der Waals surface area contributed by atoms with Gasteiger partial charge in [-0.05, 0) is 30.4 Å². The first-order valence-corrected chi connectivity index (χ1v) is 6.19. The number of nitro groups is 2. The summed E-state index contributed by atoms with van der Waals surface area (Å²) in [6, 6.07) is 11.2. The second-order valence-electron chi connectivity index (χ2n) is 4.32. The maximum absolute atomic E-state index is 12.0. The zero-order chi connectivity index (χ0) is 16.1. The van der Waals surface area contributed by atoms with Gasteiger partial charge in [0.1, 0.15) is 0 Å². The van der Waals surface area contributed by atoms with Crippen LogP contribution in [0.3, 0.4) is 0 Å². The van der Waals surface area contributed by atoms with Crippen LogP contribution < -0.4 is 0 Å². The zero-order valence-electron chi connectivity index (χ0n) is 11.2. The second kappa shape index (κ2) is 6.40. The average molecular weight is 298 g/mol. The standard InChI is InChI=1S/C15H10N2O5/c18-15(12-5-8-13(9-6-12)16(19)20)10-7-11-3-1-2-4-14(11)17(21)22/h1-10H. The molecule has 110 valence electrons. The minimum atomic E-state index is -0.558. The summed E-state index contributed by atoms with van der Waals surface area (Å²) in [5, 5.41) is 21.4. The fraction of sp³-hybridized carbons (Fsp3) is 0. The predicted molar refractivity (Wildman–Crippen MR) is 79.6 cm³/mol. The molecule has 0 saturated carbocycles. The maximum atomic E-state index is 12.0. The van der Waals surface area contributed by atoms with Crippen molar-refractivity contribution < 1.29 is 14.6 Å². The van der Waals surface area contributed by atoms with Gasteiger partial charge in [0.2, 0.25) is 0 Å². The minimum absolute atomic E-state index is 0.102. The molecule has 7 nitrogen and oxygen atoms in total. The number of para-hydroxylation sites is 1. The number of benzene rings is 2. The summed E-state index contributed by atoms with van der Waals surface area (Å²) >= 11 is 0. The molecular weight excluding hydrogens is 288 g/mol. The van der Waals surface area contributed by atoms with Crippen molar-refractivity contribution in [2.24, 2.45) is 0 Å². The van der Waals surface area contributed by atoms with Crippen LogP contribution >= 0.6 is 0 Å². The summed E-state index contributed by atoms with van der Waals surface area (Å²) in [5.41, 5.74) is 0.359. The van der Waals surface area contributed by atoms with Crippen LogP contribution in [-0.2, 0) is 0 Å².